The van der Waals surface area contributed by atoms with Crippen molar-refractivity contribution in [1.29, 1.82) is 0 Å². The molecule has 0 aliphatic rings. The van der Waals surface area contributed by atoms with Gasteiger partial charge in [0.1, 0.15) is 10.8 Å². The molecule has 3 rings (SSSR count). The Morgan fingerprint density at radius 3 is 2.64 bits per heavy atom. The summed E-state index contributed by atoms with van der Waals surface area (Å²) in [6.45, 7) is 1.95. The summed E-state index contributed by atoms with van der Waals surface area (Å²) >= 11 is 1.48. The summed E-state index contributed by atoms with van der Waals surface area (Å²) in [5, 5.41) is 0.856. The van der Waals surface area contributed by atoms with E-state index in [1.807, 2.05) is 25.1 Å². The largest absolute Gasteiger partial charge is 0.399 e. The van der Waals surface area contributed by atoms with Crippen LogP contribution in [0.4, 0.5) is 5.69 Å². The minimum Gasteiger partial charge on any atom is -0.399 e. The molecule has 2 N–H and O–H groups in total. The number of hydrogen-bond donors (Lipinski definition) is 1. The van der Waals surface area contributed by atoms with Crippen LogP contribution in [0.15, 0.2) is 36.4 Å². The Labute approximate surface area is 132 Å². The molecule has 0 unspecified atom stereocenters. The van der Waals surface area contributed by atoms with Crippen LogP contribution in [0.25, 0.3) is 20.8 Å². The highest BCUT2D eigenvalue weighted by molar-refractivity contribution is 7.86. The van der Waals surface area contributed by atoms with E-state index in [0.717, 1.165) is 38.3 Å². The van der Waals surface area contributed by atoms with E-state index < -0.39 is 10.1 Å². The summed E-state index contributed by atoms with van der Waals surface area (Å²) in [5.74, 6) is 0.290. The number of nitrogens with zero attached hydrogens (tertiary/aromatic N) is 1. The summed E-state index contributed by atoms with van der Waals surface area (Å²) in [4.78, 5) is 4.56. The van der Waals surface area contributed by atoms with Gasteiger partial charge in [-0.3, -0.25) is 0 Å². The molecule has 7 heteroatoms. The molecule has 0 fully saturated rings. The fraction of sp³-hybridized carbons (Fsp3) is 0.133. The van der Waals surface area contributed by atoms with Crippen LogP contribution in [-0.2, 0) is 10.1 Å². The highest BCUT2D eigenvalue weighted by Gasteiger charge is 2.10. The number of nitrogens with two attached hydrogens (primary N) is 1. The standard InChI is InChI=1S/C15H14N2O3S2/c1-9-7-10(3-5-12(9)16)15-17-13-6-4-11(8-14(13)21-15)20-22(2,18)19/h3-8H,16H2,1-2H3. The van der Waals surface area contributed by atoms with Crippen molar-refractivity contribution in [1.82, 2.24) is 4.98 Å². The highest BCUT2D eigenvalue weighted by atomic mass is 32.2. The Bertz CT molecular complexity index is 962. The second-order valence-corrected chi connectivity index (χ2v) is 7.61. The number of hydrogen-bond acceptors (Lipinski definition) is 6. The maximum atomic E-state index is 11.2. The van der Waals surface area contributed by atoms with Gasteiger partial charge in [0.25, 0.3) is 0 Å². The molecule has 1 aromatic heterocycles. The molecule has 0 bridgehead atoms. The number of thiazole rings is 1. The lowest BCUT2D eigenvalue weighted by molar-refractivity contribution is 0.493. The molecule has 0 spiro atoms. The second-order valence-electron chi connectivity index (χ2n) is 5.01. The number of aryl methyl sites for hydroxylation is 1. The summed E-state index contributed by atoms with van der Waals surface area (Å²) in [6.07, 6.45) is 1.02. The Balaban J connectivity index is 2.04. The van der Waals surface area contributed by atoms with E-state index in [4.69, 9.17) is 9.92 Å². The van der Waals surface area contributed by atoms with E-state index in [2.05, 4.69) is 4.98 Å². The van der Waals surface area contributed by atoms with Crippen LogP contribution >= 0.6 is 11.3 Å². The monoisotopic (exact) mass is 334 g/mol. The van der Waals surface area contributed by atoms with Gasteiger partial charge in [0.15, 0.2) is 0 Å². The van der Waals surface area contributed by atoms with Crippen molar-refractivity contribution >= 4 is 37.4 Å². The second kappa shape index (κ2) is 5.26. The molecular weight excluding hydrogens is 320 g/mol. The minimum absolute atomic E-state index is 0.290. The maximum Gasteiger partial charge on any atom is 0.306 e. The lowest BCUT2D eigenvalue weighted by Crippen LogP contribution is -2.05. The molecule has 3 aromatic rings. The summed E-state index contributed by atoms with van der Waals surface area (Å²) in [6, 6.07) is 10.8. The topological polar surface area (TPSA) is 82.3 Å². The van der Waals surface area contributed by atoms with Crippen LogP contribution < -0.4 is 9.92 Å². The van der Waals surface area contributed by atoms with Crippen molar-refractivity contribution in [2.75, 3.05) is 12.0 Å². The molecule has 5 nitrogen and oxygen atoms in total. The first kappa shape index (κ1) is 14.8. The zero-order chi connectivity index (χ0) is 15.9. The molecule has 114 valence electrons. The van der Waals surface area contributed by atoms with Gasteiger partial charge >= 0.3 is 10.1 Å². The van der Waals surface area contributed by atoms with Gasteiger partial charge in [0.2, 0.25) is 0 Å². The van der Waals surface area contributed by atoms with Crippen molar-refractivity contribution in [3.05, 3.63) is 42.0 Å². The molecule has 0 amide bonds. The van der Waals surface area contributed by atoms with Crippen LogP contribution in [0.5, 0.6) is 5.75 Å². The Morgan fingerprint density at radius 1 is 1.18 bits per heavy atom. The van der Waals surface area contributed by atoms with E-state index in [0.29, 0.717) is 5.75 Å². The Morgan fingerprint density at radius 2 is 1.95 bits per heavy atom. The van der Waals surface area contributed by atoms with Crippen LogP contribution in [0.1, 0.15) is 5.56 Å². The number of nitrogen functional groups attached to an aromatic ring is 1. The predicted octanol–water partition coefficient (Wildman–Crippen LogP) is 3.19. The van der Waals surface area contributed by atoms with Crippen LogP contribution in [0, 0.1) is 6.92 Å². The van der Waals surface area contributed by atoms with Gasteiger partial charge in [-0.1, -0.05) is 0 Å². The first-order chi connectivity index (χ1) is 10.3. The molecule has 0 saturated carbocycles. The predicted molar refractivity (Wildman–Crippen MR) is 89.7 cm³/mol. The molecule has 0 aliphatic heterocycles. The third-order valence-corrected chi connectivity index (χ3v) is 4.69. The lowest BCUT2D eigenvalue weighted by Gasteiger charge is -2.01. The molecule has 0 aliphatic carbocycles. The fourth-order valence-corrected chi connectivity index (χ4v) is 3.51. The number of benzene rings is 2. The normalized spacial score (nSPS) is 11.7. The van der Waals surface area contributed by atoms with Gasteiger partial charge in [-0.05, 0) is 42.8 Å². The van der Waals surface area contributed by atoms with Gasteiger partial charge in [0.05, 0.1) is 16.5 Å². The first-order valence-electron chi connectivity index (χ1n) is 6.48. The van der Waals surface area contributed by atoms with Crippen LogP contribution in [-0.4, -0.2) is 19.7 Å². The number of aromatic nitrogens is 1. The first-order valence-corrected chi connectivity index (χ1v) is 9.12. The average Bonchev–Trinajstić information content (AvgIpc) is 2.83. The Kier molecular flexibility index (Phi) is 3.54. The molecule has 0 atom stereocenters. The van der Waals surface area contributed by atoms with Gasteiger partial charge in [-0.15, -0.1) is 11.3 Å². The van der Waals surface area contributed by atoms with Gasteiger partial charge in [0, 0.05) is 17.3 Å². The molecule has 0 radical (unpaired) electrons. The third kappa shape index (κ3) is 3.05. The van der Waals surface area contributed by atoms with Crippen LogP contribution in [0.3, 0.4) is 0 Å². The zero-order valence-corrected chi connectivity index (χ0v) is 13.7. The van der Waals surface area contributed by atoms with Crippen molar-refractivity contribution < 1.29 is 12.6 Å². The van der Waals surface area contributed by atoms with Crippen molar-refractivity contribution in [3.8, 4) is 16.3 Å². The van der Waals surface area contributed by atoms with E-state index in [9.17, 15) is 8.42 Å². The lowest BCUT2D eigenvalue weighted by atomic mass is 10.1. The van der Waals surface area contributed by atoms with Crippen molar-refractivity contribution in [3.63, 3.8) is 0 Å². The van der Waals surface area contributed by atoms with Gasteiger partial charge in [-0.25, -0.2) is 4.98 Å². The summed E-state index contributed by atoms with van der Waals surface area (Å²) in [7, 11) is -3.53. The molecule has 1 heterocycles. The molecule has 22 heavy (non-hydrogen) atoms. The van der Waals surface area contributed by atoms with Gasteiger partial charge in [-0.2, -0.15) is 8.42 Å². The quantitative estimate of drug-likeness (QED) is 0.587. The van der Waals surface area contributed by atoms with Crippen molar-refractivity contribution in [2.45, 2.75) is 6.92 Å². The van der Waals surface area contributed by atoms with Gasteiger partial charge < -0.3 is 9.92 Å². The van der Waals surface area contributed by atoms with E-state index in [-0.39, 0.29) is 0 Å². The Hall–Kier alpha value is -2.12. The maximum absolute atomic E-state index is 11.2. The van der Waals surface area contributed by atoms with E-state index in [1.54, 1.807) is 18.2 Å². The minimum atomic E-state index is -3.53. The number of anilines is 1. The molecule has 2 aromatic carbocycles. The summed E-state index contributed by atoms with van der Waals surface area (Å²) < 4.78 is 28.1. The smallest absolute Gasteiger partial charge is 0.306 e. The zero-order valence-electron chi connectivity index (χ0n) is 12.0. The average molecular weight is 334 g/mol. The third-order valence-electron chi connectivity index (χ3n) is 3.12. The fourth-order valence-electron chi connectivity index (χ4n) is 2.06. The molecule has 0 saturated heterocycles. The molecular formula is C15H14N2O3S2. The highest BCUT2D eigenvalue weighted by Crippen LogP contribution is 2.33. The van der Waals surface area contributed by atoms with E-state index in [1.165, 1.54) is 11.3 Å². The number of rotatable bonds is 3. The number of fused-ring (bicyclic) bond motifs is 1. The SMILES string of the molecule is Cc1cc(-c2nc3ccc(OS(C)(=O)=O)cc3s2)ccc1N. The summed E-state index contributed by atoms with van der Waals surface area (Å²) in [5.41, 5.74) is 9.36. The van der Waals surface area contributed by atoms with E-state index >= 15 is 0 Å². The van der Waals surface area contributed by atoms with Crippen molar-refractivity contribution in [2.24, 2.45) is 0 Å². The van der Waals surface area contributed by atoms with Crippen LogP contribution in [0.2, 0.25) is 0 Å².